The van der Waals surface area contributed by atoms with Crippen molar-refractivity contribution >= 4 is 23.2 Å². The van der Waals surface area contributed by atoms with Gasteiger partial charge in [-0.15, -0.1) is 11.3 Å². The molecule has 1 aliphatic heterocycles. The normalized spacial score (nSPS) is 15.6. The van der Waals surface area contributed by atoms with Gasteiger partial charge < -0.3 is 10.2 Å². The van der Waals surface area contributed by atoms with Crippen molar-refractivity contribution in [2.24, 2.45) is 0 Å². The first-order valence-corrected chi connectivity index (χ1v) is 9.84. The molecule has 3 rings (SSSR count). The number of rotatable bonds is 6. The van der Waals surface area contributed by atoms with E-state index in [1.165, 1.54) is 4.88 Å². The number of benzene rings is 1. The Bertz CT molecular complexity index is 710. The van der Waals surface area contributed by atoms with Gasteiger partial charge in [0, 0.05) is 36.6 Å². The minimum atomic E-state index is -0.0178. The summed E-state index contributed by atoms with van der Waals surface area (Å²) in [5.74, 6) is 0.126. The lowest BCUT2D eigenvalue weighted by Gasteiger charge is -2.32. The summed E-state index contributed by atoms with van der Waals surface area (Å²) in [6, 6.07) is 13.5. The number of likely N-dealkylation sites (tertiary alicyclic amines) is 1. The topological polar surface area (TPSA) is 52.7 Å². The second-order valence-electron chi connectivity index (χ2n) is 6.72. The number of thiophene rings is 1. The molecule has 1 aliphatic rings. The van der Waals surface area contributed by atoms with Crippen LogP contribution in [0, 0.1) is 0 Å². The van der Waals surface area contributed by atoms with Gasteiger partial charge in [-0.1, -0.05) is 24.3 Å². The van der Waals surface area contributed by atoms with E-state index >= 15 is 0 Å². The molecule has 0 radical (unpaired) electrons. The minimum Gasteiger partial charge on any atom is -0.349 e. The van der Waals surface area contributed by atoms with Crippen molar-refractivity contribution in [1.29, 1.82) is 0 Å². The molecule has 2 aromatic rings. The Morgan fingerprint density at radius 1 is 1.15 bits per heavy atom. The van der Waals surface area contributed by atoms with Crippen LogP contribution in [-0.2, 0) is 11.3 Å². The van der Waals surface area contributed by atoms with Gasteiger partial charge >= 0.3 is 0 Å². The summed E-state index contributed by atoms with van der Waals surface area (Å²) < 4.78 is 0. The number of hydrogen-bond donors (Lipinski definition) is 1. The third kappa shape index (κ3) is 5.16. The molecule has 0 saturated carbocycles. The van der Waals surface area contributed by atoms with E-state index in [-0.39, 0.29) is 17.9 Å². The Morgan fingerprint density at radius 3 is 2.54 bits per heavy atom. The van der Waals surface area contributed by atoms with Crippen LogP contribution in [0.4, 0.5) is 0 Å². The molecule has 1 aromatic carbocycles. The van der Waals surface area contributed by atoms with E-state index < -0.39 is 0 Å². The molecule has 1 aromatic heterocycles. The van der Waals surface area contributed by atoms with Gasteiger partial charge in [-0.25, -0.2) is 0 Å². The Balaban J connectivity index is 1.40. The maximum Gasteiger partial charge on any atom is 0.251 e. The summed E-state index contributed by atoms with van der Waals surface area (Å²) in [6.45, 7) is 2.78. The molecule has 6 heteroatoms. The van der Waals surface area contributed by atoms with Gasteiger partial charge in [-0.05, 0) is 36.4 Å². The van der Waals surface area contributed by atoms with Gasteiger partial charge in [0.1, 0.15) is 0 Å². The van der Waals surface area contributed by atoms with Crippen molar-refractivity contribution in [3.8, 4) is 0 Å². The molecule has 0 bridgehead atoms. The summed E-state index contributed by atoms with van der Waals surface area (Å²) in [5.41, 5.74) is 0.695. The van der Waals surface area contributed by atoms with E-state index in [4.69, 9.17) is 0 Å². The standard InChI is InChI=1S/C20H25N3O2S/c1-22(14-18-8-5-13-26-18)19(24)15-23-11-9-17(10-12-23)21-20(25)16-6-3-2-4-7-16/h2-8,13,17H,9-12,14-15H2,1H3,(H,21,25). The molecule has 1 saturated heterocycles. The number of amides is 2. The molecule has 0 unspecified atom stereocenters. The molecular formula is C20H25N3O2S. The van der Waals surface area contributed by atoms with E-state index in [0.717, 1.165) is 25.9 Å². The van der Waals surface area contributed by atoms with E-state index in [9.17, 15) is 9.59 Å². The van der Waals surface area contributed by atoms with Crippen LogP contribution in [-0.4, -0.2) is 54.3 Å². The number of nitrogens with one attached hydrogen (secondary N) is 1. The molecule has 2 amide bonds. The zero-order valence-electron chi connectivity index (χ0n) is 15.1. The van der Waals surface area contributed by atoms with Gasteiger partial charge in [0.25, 0.3) is 5.91 Å². The van der Waals surface area contributed by atoms with E-state index in [2.05, 4.69) is 16.3 Å². The quantitative estimate of drug-likeness (QED) is 0.849. The average Bonchev–Trinajstić information content (AvgIpc) is 3.17. The third-order valence-electron chi connectivity index (χ3n) is 4.72. The second kappa shape index (κ2) is 8.96. The molecule has 0 spiro atoms. The SMILES string of the molecule is CN(Cc1cccs1)C(=O)CN1CCC(NC(=O)c2ccccc2)CC1. The predicted molar refractivity (Wildman–Crippen MR) is 104 cm³/mol. The van der Waals surface area contributed by atoms with Crippen LogP contribution in [0.3, 0.4) is 0 Å². The first-order chi connectivity index (χ1) is 12.6. The number of nitrogens with zero attached hydrogens (tertiary/aromatic N) is 2. The molecule has 0 aliphatic carbocycles. The van der Waals surface area contributed by atoms with Crippen molar-refractivity contribution in [3.05, 3.63) is 58.3 Å². The summed E-state index contributed by atoms with van der Waals surface area (Å²) in [7, 11) is 1.86. The average molecular weight is 372 g/mol. The van der Waals surface area contributed by atoms with Gasteiger partial charge in [-0.2, -0.15) is 0 Å². The molecule has 1 fully saturated rings. The smallest absolute Gasteiger partial charge is 0.251 e. The van der Waals surface area contributed by atoms with E-state index in [1.54, 1.807) is 16.2 Å². The highest BCUT2D eigenvalue weighted by molar-refractivity contribution is 7.09. The highest BCUT2D eigenvalue weighted by Crippen LogP contribution is 2.14. The van der Waals surface area contributed by atoms with Crippen molar-refractivity contribution in [1.82, 2.24) is 15.1 Å². The lowest BCUT2D eigenvalue weighted by Crippen LogP contribution is -2.47. The Kier molecular flexibility index (Phi) is 6.41. The lowest BCUT2D eigenvalue weighted by atomic mass is 10.0. The van der Waals surface area contributed by atoms with Crippen LogP contribution in [0.5, 0.6) is 0 Å². The van der Waals surface area contributed by atoms with Gasteiger partial charge in [0.2, 0.25) is 5.91 Å². The Hall–Kier alpha value is -2.18. The largest absolute Gasteiger partial charge is 0.349 e. The number of carbonyl (C=O) groups excluding carboxylic acids is 2. The molecule has 26 heavy (non-hydrogen) atoms. The number of hydrogen-bond acceptors (Lipinski definition) is 4. The van der Waals surface area contributed by atoms with Crippen LogP contribution in [0.2, 0.25) is 0 Å². The summed E-state index contributed by atoms with van der Waals surface area (Å²) in [4.78, 5) is 29.8. The Morgan fingerprint density at radius 2 is 1.88 bits per heavy atom. The molecule has 5 nitrogen and oxygen atoms in total. The van der Waals surface area contributed by atoms with E-state index in [0.29, 0.717) is 18.7 Å². The first-order valence-electron chi connectivity index (χ1n) is 8.96. The fraction of sp³-hybridized carbons (Fsp3) is 0.400. The van der Waals surface area contributed by atoms with Crippen molar-refractivity contribution in [3.63, 3.8) is 0 Å². The van der Waals surface area contributed by atoms with Crippen LogP contribution in [0.1, 0.15) is 28.1 Å². The van der Waals surface area contributed by atoms with Crippen LogP contribution in [0.15, 0.2) is 47.8 Å². The molecular weight excluding hydrogens is 346 g/mol. The monoisotopic (exact) mass is 371 g/mol. The highest BCUT2D eigenvalue weighted by atomic mass is 32.1. The maximum atomic E-state index is 12.4. The lowest BCUT2D eigenvalue weighted by molar-refractivity contribution is -0.131. The van der Waals surface area contributed by atoms with E-state index in [1.807, 2.05) is 48.8 Å². The van der Waals surface area contributed by atoms with Crippen molar-refractivity contribution in [2.45, 2.75) is 25.4 Å². The highest BCUT2D eigenvalue weighted by Gasteiger charge is 2.23. The predicted octanol–water partition coefficient (Wildman–Crippen LogP) is 2.60. The molecule has 2 heterocycles. The molecule has 0 atom stereocenters. The van der Waals surface area contributed by atoms with Crippen LogP contribution in [0.25, 0.3) is 0 Å². The zero-order chi connectivity index (χ0) is 18.4. The van der Waals surface area contributed by atoms with Gasteiger partial charge in [0.05, 0.1) is 13.1 Å². The summed E-state index contributed by atoms with van der Waals surface area (Å²) in [5, 5.41) is 5.13. The number of likely N-dealkylation sites (N-methyl/N-ethyl adjacent to an activating group) is 1. The number of piperidine rings is 1. The van der Waals surface area contributed by atoms with Crippen LogP contribution >= 0.6 is 11.3 Å². The first kappa shape index (κ1) is 18.6. The molecule has 1 N–H and O–H groups in total. The maximum absolute atomic E-state index is 12.4. The third-order valence-corrected chi connectivity index (χ3v) is 5.58. The van der Waals surface area contributed by atoms with Gasteiger partial charge in [0.15, 0.2) is 0 Å². The van der Waals surface area contributed by atoms with Crippen LogP contribution < -0.4 is 5.32 Å². The Labute approximate surface area is 158 Å². The molecule has 138 valence electrons. The van der Waals surface area contributed by atoms with Crippen molar-refractivity contribution in [2.75, 3.05) is 26.7 Å². The van der Waals surface area contributed by atoms with Gasteiger partial charge in [-0.3, -0.25) is 14.5 Å². The fourth-order valence-electron chi connectivity index (χ4n) is 3.13. The summed E-state index contributed by atoms with van der Waals surface area (Å²) in [6.07, 6.45) is 1.75. The fourth-order valence-corrected chi connectivity index (χ4v) is 3.89. The second-order valence-corrected chi connectivity index (χ2v) is 7.75. The number of carbonyl (C=O) groups is 2. The summed E-state index contributed by atoms with van der Waals surface area (Å²) >= 11 is 1.67. The van der Waals surface area contributed by atoms with Crippen molar-refractivity contribution < 1.29 is 9.59 Å². The minimum absolute atomic E-state index is 0.0178. The zero-order valence-corrected chi connectivity index (χ0v) is 15.9.